The molecule has 0 aliphatic carbocycles. The van der Waals surface area contributed by atoms with Crippen molar-refractivity contribution < 1.29 is 9.53 Å². The Hall–Kier alpha value is -0.870. The average molecular weight is 300 g/mol. The van der Waals surface area contributed by atoms with E-state index in [1.165, 1.54) is 0 Å². The second-order valence-electron chi connectivity index (χ2n) is 4.34. The number of ketones is 1. The molecule has 1 rings (SSSR count). The van der Waals surface area contributed by atoms with Gasteiger partial charge in [-0.15, -0.1) is 0 Å². The molecule has 0 fully saturated rings. The van der Waals surface area contributed by atoms with Crippen LogP contribution < -0.4 is 10.5 Å². The van der Waals surface area contributed by atoms with Gasteiger partial charge in [0.2, 0.25) is 0 Å². The summed E-state index contributed by atoms with van der Waals surface area (Å²) in [5.41, 5.74) is 6.11. The van der Waals surface area contributed by atoms with Gasteiger partial charge in [-0.2, -0.15) is 0 Å². The maximum atomic E-state index is 12.0. The Labute approximate surface area is 110 Å². The molecular weight excluding hydrogens is 282 g/mol. The molecule has 0 saturated carbocycles. The molecule has 4 heteroatoms. The standard InChI is InChI=1S/C13H18BrNO2/c1-4-13(2,15)12(16)8-9-5-6-11(17-3)10(14)7-9/h5-7H,4,8,15H2,1-3H3. The van der Waals surface area contributed by atoms with Crippen LogP contribution in [-0.4, -0.2) is 18.4 Å². The first kappa shape index (κ1) is 14.2. The van der Waals surface area contributed by atoms with Crippen molar-refractivity contribution in [3.8, 4) is 5.75 Å². The van der Waals surface area contributed by atoms with Crippen LogP contribution in [0.1, 0.15) is 25.8 Å². The molecule has 0 heterocycles. The van der Waals surface area contributed by atoms with Gasteiger partial charge in [0, 0.05) is 6.42 Å². The molecular formula is C13H18BrNO2. The lowest BCUT2D eigenvalue weighted by atomic mass is 9.90. The van der Waals surface area contributed by atoms with Crippen LogP contribution in [0.25, 0.3) is 0 Å². The number of Topliss-reactive ketones (excluding diaryl/α,β-unsaturated/α-hetero) is 1. The molecule has 0 saturated heterocycles. The lowest BCUT2D eigenvalue weighted by molar-refractivity contribution is -0.123. The van der Waals surface area contributed by atoms with Crippen molar-refractivity contribution in [1.82, 2.24) is 0 Å². The Morgan fingerprint density at radius 1 is 1.53 bits per heavy atom. The lowest BCUT2D eigenvalue weighted by Gasteiger charge is -2.21. The molecule has 1 aromatic carbocycles. The van der Waals surface area contributed by atoms with E-state index in [0.717, 1.165) is 15.8 Å². The fourth-order valence-corrected chi connectivity index (χ4v) is 1.99. The van der Waals surface area contributed by atoms with E-state index in [9.17, 15) is 4.79 Å². The second kappa shape index (κ2) is 5.65. The Morgan fingerprint density at radius 3 is 2.65 bits per heavy atom. The SMILES string of the molecule is CCC(C)(N)C(=O)Cc1ccc(OC)c(Br)c1. The minimum atomic E-state index is -0.744. The maximum Gasteiger partial charge on any atom is 0.156 e. The van der Waals surface area contributed by atoms with Crippen LogP contribution >= 0.6 is 15.9 Å². The van der Waals surface area contributed by atoms with Crippen molar-refractivity contribution in [3.05, 3.63) is 28.2 Å². The number of carbonyl (C=O) groups excluding carboxylic acids is 1. The van der Waals surface area contributed by atoms with Crippen LogP contribution in [0, 0.1) is 0 Å². The first-order valence-corrected chi connectivity index (χ1v) is 6.34. The van der Waals surface area contributed by atoms with Crippen molar-refractivity contribution in [2.75, 3.05) is 7.11 Å². The summed E-state index contributed by atoms with van der Waals surface area (Å²) in [6.07, 6.45) is 0.993. The lowest BCUT2D eigenvalue weighted by Crippen LogP contribution is -2.45. The highest BCUT2D eigenvalue weighted by Gasteiger charge is 2.25. The topological polar surface area (TPSA) is 52.3 Å². The normalized spacial score (nSPS) is 14.2. The van der Waals surface area contributed by atoms with Crippen molar-refractivity contribution in [2.45, 2.75) is 32.2 Å². The minimum Gasteiger partial charge on any atom is -0.496 e. The predicted octanol–water partition coefficient (Wildman–Crippen LogP) is 2.70. The van der Waals surface area contributed by atoms with Gasteiger partial charge in [-0.05, 0) is 47.0 Å². The number of rotatable bonds is 5. The van der Waals surface area contributed by atoms with Gasteiger partial charge in [-0.1, -0.05) is 13.0 Å². The summed E-state index contributed by atoms with van der Waals surface area (Å²) in [5, 5.41) is 0. The molecule has 0 radical (unpaired) electrons. The average Bonchev–Trinajstić information content (AvgIpc) is 2.29. The summed E-state index contributed by atoms with van der Waals surface area (Å²) in [6, 6.07) is 5.61. The molecule has 2 N–H and O–H groups in total. The zero-order chi connectivity index (χ0) is 13.1. The van der Waals surface area contributed by atoms with Crippen LogP contribution in [0.3, 0.4) is 0 Å². The number of methoxy groups -OCH3 is 1. The van der Waals surface area contributed by atoms with Gasteiger partial charge in [-0.3, -0.25) is 4.79 Å². The summed E-state index contributed by atoms with van der Waals surface area (Å²) in [6.45, 7) is 3.69. The van der Waals surface area contributed by atoms with Gasteiger partial charge in [-0.25, -0.2) is 0 Å². The van der Waals surface area contributed by atoms with E-state index in [4.69, 9.17) is 10.5 Å². The molecule has 1 unspecified atom stereocenters. The van der Waals surface area contributed by atoms with Gasteiger partial charge < -0.3 is 10.5 Å². The highest BCUT2D eigenvalue weighted by molar-refractivity contribution is 9.10. The van der Waals surface area contributed by atoms with Gasteiger partial charge in [0.15, 0.2) is 5.78 Å². The Bertz CT molecular complexity index is 416. The monoisotopic (exact) mass is 299 g/mol. The Morgan fingerprint density at radius 2 is 2.18 bits per heavy atom. The van der Waals surface area contributed by atoms with E-state index in [-0.39, 0.29) is 5.78 Å². The summed E-state index contributed by atoms with van der Waals surface area (Å²) in [7, 11) is 1.61. The molecule has 0 bridgehead atoms. The largest absolute Gasteiger partial charge is 0.496 e. The number of carbonyl (C=O) groups is 1. The first-order valence-electron chi connectivity index (χ1n) is 5.55. The van der Waals surface area contributed by atoms with E-state index in [2.05, 4.69) is 15.9 Å². The number of hydrogen-bond donors (Lipinski definition) is 1. The van der Waals surface area contributed by atoms with Gasteiger partial charge >= 0.3 is 0 Å². The molecule has 0 amide bonds. The summed E-state index contributed by atoms with van der Waals surface area (Å²) >= 11 is 3.40. The molecule has 1 aromatic rings. The van der Waals surface area contributed by atoms with Crippen LogP contribution in [0.5, 0.6) is 5.75 Å². The summed E-state index contributed by atoms with van der Waals surface area (Å²) in [4.78, 5) is 12.0. The van der Waals surface area contributed by atoms with E-state index < -0.39 is 5.54 Å². The zero-order valence-corrected chi connectivity index (χ0v) is 12.0. The molecule has 0 aliphatic rings. The number of halogens is 1. The predicted molar refractivity (Wildman–Crippen MR) is 72.3 cm³/mol. The maximum absolute atomic E-state index is 12.0. The molecule has 0 aromatic heterocycles. The van der Waals surface area contributed by atoms with E-state index >= 15 is 0 Å². The van der Waals surface area contributed by atoms with Crippen molar-refractivity contribution >= 4 is 21.7 Å². The molecule has 3 nitrogen and oxygen atoms in total. The molecule has 17 heavy (non-hydrogen) atoms. The first-order chi connectivity index (χ1) is 7.90. The fraction of sp³-hybridized carbons (Fsp3) is 0.462. The third-order valence-corrected chi connectivity index (χ3v) is 3.57. The molecule has 94 valence electrons. The summed E-state index contributed by atoms with van der Waals surface area (Å²) < 4.78 is 5.98. The second-order valence-corrected chi connectivity index (χ2v) is 5.19. The highest BCUT2D eigenvalue weighted by atomic mass is 79.9. The van der Waals surface area contributed by atoms with Crippen molar-refractivity contribution in [2.24, 2.45) is 5.73 Å². The van der Waals surface area contributed by atoms with Crippen LogP contribution in [-0.2, 0) is 11.2 Å². The number of benzene rings is 1. The van der Waals surface area contributed by atoms with Crippen LogP contribution in [0.2, 0.25) is 0 Å². The summed E-state index contributed by atoms with van der Waals surface area (Å²) in [5.74, 6) is 0.810. The third kappa shape index (κ3) is 3.54. The Kier molecular flexibility index (Phi) is 4.71. The highest BCUT2D eigenvalue weighted by Crippen LogP contribution is 2.26. The van der Waals surface area contributed by atoms with Gasteiger partial charge in [0.05, 0.1) is 17.1 Å². The quantitative estimate of drug-likeness (QED) is 0.909. The third-order valence-electron chi connectivity index (χ3n) is 2.95. The van der Waals surface area contributed by atoms with E-state index in [0.29, 0.717) is 12.8 Å². The van der Waals surface area contributed by atoms with Crippen LogP contribution in [0.15, 0.2) is 22.7 Å². The molecule has 0 spiro atoms. The minimum absolute atomic E-state index is 0.0528. The fourth-order valence-electron chi connectivity index (χ4n) is 1.40. The van der Waals surface area contributed by atoms with Gasteiger partial charge in [0.25, 0.3) is 0 Å². The number of hydrogen-bond acceptors (Lipinski definition) is 3. The van der Waals surface area contributed by atoms with E-state index in [1.54, 1.807) is 14.0 Å². The smallest absolute Gasteiger partial charge is 0.156 e. The number of ether oxygens (including phenoxy) is 1. The van der Waals surface area contributed by atoms with E-state index in [1.807, 2.05) is 25.1 Å². The van der Waals surface area contributed by atoms with Gasteiger partial charge in [0.1, 0.15) is 5.75 Å². The Balaban J connectivity index is 2.83. The molecule has 0 aliphatic heterocycles. The molecule has 1 atom stereocenters. The number of nitrogens with two attached hydrogens (primary N) is 1. The van der Waals surface area contributed by atoms with Crippen LogP contribution in [0.4, 0.5) is 0 Å². The zero-order valence-electron chi connectivity index (χ0n) is 10.4. The van der Waals surface area contributed by atoms with Crippen molar-refractivity contribution in [3.63, 3.8) is 0 Å². The van der Waals surface area contributed by atoms with Crippen molar-refractivity contribution in [1.29, 1.82) is 0 Å².